The van der Waals surface area contributed by atoms with Crippen LogP contribution in [-0.2, 0) is 28.9 Å². The first-order chi connectivity index (χ1) is 14.2. The van der Waals surface area contributed by atoms with Gasteiger partial charge >= 0.3 is 5.69 Å². The molecular formula is C22H31N3O4S. The number of hydrogen-bond donors (Lipinski definition) is 1. The normalized spacial score (nSPS) is 30.4. The van der Waals surface area contributed by atoms with Gasteiger partial charge in [0.15, 0.2) is 0 Å². The summed E-state index contributed by atoms with van der Waals surface area (Å²) in [4.78, 5) is 12.4. The lowest BCUT2D eigenvalue weighted by molar-refractivity contribution is -0.160. The molecule has 7 nitrogen and oxygen atoms in total. The van der Waals surface area contributed by atoms with Crippen LogP contribution < -0.4 is 10.4 Å². The molecule has 30 heavy (non-hydrogen) atoms. The molecule has 164 valence electrons. The van der Waals surface area contributed by atoms with E-state index in [0.717, 1.165) is 42.5 Å². The third-order valence-electron chi connectivity index (χ3n) is 7.64. The highest BCUT2D eigenvalue weighted by Gasteiger charge is 2.51. The molecule has 4 aliphatic carbocycles. The predicted octanol–water partition coefficient (Wildman–Crippen LogP) is 2.45. The number of hydrogen-bond acceptors (Lipinski definition) is 4. The van der Waals surface area contributed by atoms with Crippen LogP contribution in [0.1, 0.15) is 44.1 Å². The van der Waals surface area contributed by atoms with Crippen molar-refractivity contribution in [2.75, 3.05) is 13.2 Å². The molecule has 4 aliphatic rings. The van der Waals surface area contributed by atoms with Crippen LogP contribution in [-0.4, -0.2) is 36.3 Å². The summed E-state index contributed by atoms with van der Waals surface area (Å²) in [5.41, 5.74) is 1.77. The Morgan fingerprint density at radius 1 is 1.03 bits per heavy atom. The Kier molecular flexibility index (Phi) is 4.69. The first-order valence-corrected chi connectivity index (χ1v) is 12.5. The molecule has 1 aromatic heterocycles. The smallest absolute Gasteiger partial charge is 0.328 e. The average molecular weight is 434 g/mol. The van der Waals surface area contributed by atoms with Crippen LogP contribution in [0.15, 0.2) is 21.8 Å². The lowest BCUT2D eigenvalue weighted by Gasteiger charge is -2.56. The van der Waals surface area contributed by atoms with Crippen molar-refractivity contribution in [3.63, 3.8) is 0 Å². The second-order valence-electron chi connectivity index (χ2n) is 9.85. The van der Waals surface area contributed by atoms with E-state index in [1.54, 1.807) is 33.2 Å². The van der Waals surface area contributed by atoms with E-state index < -0.39 is 10.0 Å². The van der Waals surface area contributed by atoms with E-state index >= 15 is 0 Å². The molecule has 1 heterocycles. The molecule has 0 saturated heterocycles. The minimum Gasteiger partial charge on any atom is -0.374 e. The summed E-state index contributed by atoms with van der Waals surface area (Å²) in [6, 6.07) is 3.35. The van der Waals surface area contributed by atoms with E-state index in [2.05, 4.69) is 4.72 Å². The number of nitrogens with one attached hydrogen (secondary N) is 1. The maximum absolute atomic E-state index is 13.0. The number of sulfonamides is 1. The Bertz CT molecular complexity index is 1130. The summed E-state index contributed by atoms with van der Waals surface area (Å²) in [5, 5.41) is 0. The molecule has 4 fully saturated rings. The van der Waals surface area contributed by atoms with E-state index in [-0.39, 0.29) is 22.7 Å². The number of ether oxygens (including phenoxy) is 1. The van der Waals surface area contributed by atoms with Crippen LogP contribution in [0.2, 0.25) is 0 Å². The van der Waals surface area contributed by atoms with E-state index in [4.69, 9.17) is 4.74 Å². The van der Waals surface area contributed by atoms with Crippen molar-refractivity contribution in [1.29, 1.82) is 0 Å². The first-order valence-electron chi connectivity index (χ1n) is 11.0. The molecule has 8 heteroatoms. The Balaban J connectivity index is 1.28. The molecule has 4 saturated carbocycles. The number of aryl methyl sites for hydroxylation is 3. The van der Waals surface area contributed by atoms with Gasteiger partial charge in [0.25, 0.3) is 0 Å². The number of rotatable bonds is 6. The third kappa shape index (κ3) is 3.24. The standard InChI is InChI=1S/C22H31N3O4S/c1-14-6-18-19(25(3)21(26)24(18)2)10-20(14)30(27,28)23-4-5-29-22-11-15-7-16(12-22)9-17(8-15)13-22/h6,10,15-17,23H,4-5,7-9,11-13H2,1-3H3. The summed E-state index contributed by atoms with van der Waals surface area (Å²) >= 11 is 0. The van der Waals surface area contributed by atoms with Crippen molar-refractivity contribution in [2.24, 2.45) is 31.8 Å². The van der Waals surface area contributed by atoms with E-state index in [1.165, 1.54) is 28.4 Å². The monoisotopic (exact) mass is 433 g/mol. The van der Waals surface area contributed by atoms with Gasteiger partial charge in [-0.25, -0.2) is 17.9 Å². The molecule has 0 spiro atoms. The number of benzene rings is 1. The Morgan fingerprint density at radius 2 is 1.57 bits per heavy atom. The largest absolute Gasteiger partial charge is 0.374 e. The van der Waals surface area contributed by atoms with Gasteiger partial charge in [-0.1, -0.05) is 0 Å². The maximum atomic E-state index is 13.0. The van der Waals surface area contributed by atoms with Crippen molar-refractivity contribution in [1.82, 2.24) is 13.9 Å². The Hall–Kier alpha value is -1.64. The highest BCUT2D eigenvalue weighted by Crippen LogP contribution is 2.57. The minimum absolute atomic E-state index is 0.0165. The van der Waals surface area contributed by atoms with E-state index in [0.29, 0.717) is 17.7 Å². The van der Waals surface area contributed by atoms with Crippen molar-refractivity contribution in [3.8, 4) is 0 Å². The van der Waals surface area contributed by atoms with Gasteiger partial charge in [-0.05, 0) is 80.9 Å². The van der Waals surface area contributed by atoms with Gasteiger partial charge in [-0.3, -0.25) is 9.13 Å². The van der Waals surface area contributed by atoms with Crippen molar-refractivity contribution in [2.45, 2.75) is 55.9 Å². The quantitative estimate of drug-likeness (QED) is 0.710. The highest BCUT2D eigenvalue weighted by atomic mass is 32.2. The SMILES string of the molecule is Cc1cc2c(cc1S(=O)(=O)NCCOC13CC4CC(CC(C4)C1)C3)n(C)c(=O)n2C. The van der Waals surface area contributed by atoms with Crippen LogP contribution in [0, 0.1) is 24.7 Å². The number of aromatic nitrogens is 2. The van der Waals surface area contributed by atoms with Gasteiger partial charge in [0, 0.05) is 20.6 Å². The maximum Gasteiger partial charge on any atom is 0.328 e. The highest BCUT2D eigenvalue weighted by molar-refractivity contribution is 7.89. The average Bonchev–Trinajstić information content (AvgIpc) is 2.87. The fourth-order valence-electron chi connectivity index (χ4n) is 6.65. The molecule has 4 bridgehead atoms. The van der Waals surface area contributed by atoms with E-state index in [9.17, 15) is 13.2 Å². The second kappa shape index (κ2) is 6.93. The van der Waals surface area contributed by atoms with Gasteiger partial charge in [-0.2, -0.15) is 0 Å². The topological polar surface area (TPSA) is 82.3 Å². The zero-order valence-electron chi connectivity index (χ0n) is 18.0. The molecule has 6 rings (SSSR count). The minimum atomic E-state index is -3.69. The molecule has 0 amide bonds. The summed E-state index contributed by atoms with van der Waals surface area (Å²) < 4.78 is 38.0. The zero-order chi connectivity index (χ0) is 21.3. The Morgan fingerprint density at radius 3 is 2.13 bits per heavy atom. The number of fused-ring (bicyclic) bond motifs is 1. The summed E-state index contributed by atoms with van der Waals surface area (Å²) in [6.07, 6.45) is 7.51. The Labute approximate surface area is 177 Å². The summed E-state index contributed by atoms with van der Waals surface area (Å²) in [7, 11) is -0.337. The zero-order valence-corrected chi connectivity index (χ0v) is 18.8. The molecule has 0 unspecified atom stereocenters. The fourth-order valence-corrected chi connectivity index (χ4v) is 7.91. The van der Waals surface area contributed by atoms with Gasteiger partial charge in [0.2, 0.25) is 10.0 Å². The number of imidazole rings is 1. The molecular weight excluding hydrogens is 402 g/mol. The second-order valence-corrected chi connectivity index (χ2v) is 11.6. The van der Waals surface area contributed by atoms with Gasteiger partial charge in [-0.15, -0.1) is 0 Å². The lowest BCUT2D eigenvalue weighted by atomic mass is 9.54. The molecule has 1 N–H and O–H groups in total. The van der Waals surface area contributed by atoms with Crippen LogP contribution in [0.25, 0.3) is 11.0 Å². The van der Waals surface area contributed by atoms with Crippen LogP contribution >= 0.6 is 0 Å². The molecule has 1 aromatic carbocycles. The molecule has 0 radical (unpaired) electrons. The summed E-state index contributed by atoms with van der Waals surface area (Å²) in [6.45, 7) is 2.42. The first kappa shape index (κ1) is 20.3. The predicted molar refractivity (Wildman–Crippen MR) is 115 cm³/mol. The van der Waals surface area contributed by atoms with Crippen LogP contribution in [0.4, 0.5) is 0 Å². The van der Waals surface area contributed by atoms with Crippen molar-refractivity contribution >= 4 is 21.1 Å². The summed E-state index contributed by atoms with van der Waals surface area (Å²) in [5.74, 6) is 2.42. The molecule has 0 aliphatic heterocycles. The van der Waals surface area contributed by atoms with Gasteiger partial charge < -0.3 is 4.74 Å². The van der Waals surface area contributed by atoms with Crippen molar-refractivity contribution in [3.05, 3.63) is 28.2 Å². The van der Waals surface area contributed by atoms with Crippen molar-refractivity contribution < 1.29 is 13.2 Å². The van der Waals surface area contributed by atoms with Gasteiger partial charge in [0.05, 0.1) is 28.1 Å². The number of nitrogens with zero attached hydrogens (tertiary/aromatic N) is 2. The lowest BCUT2D eigenvalue weighted by Crippen LogP contribution is -2.52. The molecule has 2 aromatic rings. The van der Waals surface area contributed by atoms with Gasteiger partial charge in [0.1, 0.15) is 0 Å². The molecule has 0 atom stereocenters. The van der Waals surface area contributed by atoms with E-state index in [1.807, 2.05) is 0 Å². The van der Waals surface area contributed by atoms with Crippen LogP contribution in [0.3, 0.4) is 0 Å². The fraction of sp³-hybridized carbons (Fsp3) is 0.682. The van der Waals surface area contributed by atoms with Crippen LogP contribution in [0.5, 0.6) is 0 Å². The third-order valence-corrected chi connectivity index (χ3v) is 9.25.